The van der Waals surface area contributed by atoms with Crippen LogP contribution in [0.2, 0.25) is 0 Å². The number of aliphatic carboxylic acids is 1. The van der Waals surface area contributed by atoms with Crippen molar-refractivity contribution in [2.24, 2.45) is 0 Å². The summed E-state index contributed by atoms with van der Waals surface area (Å²) in [4.78, 5) is 10.3. The number of aromatic amines is 1. The van der Waals surface area contributed by atoms with Crippen LogP contribution in [0, 0.1) is 0 Å². The molecule has 1 atom stereocenters. The first-order valence-corrected chi connectivity index (χ1v) is 4.96. The number of rotatable bonds is 4. The Morgan fingerprint density at radius 2 is 2.47 bits per heavy atom. The van der Waals surface area contributed by atoms with E-state index in [0.29, 0.717) is 6.61 Å². The van der Waals surface area contributed by atoms with Crippen LogP contribution in [0.4, 0.5) is 0 Å². The molecule has 15 heavy (non-hydrogen) atoms. The Labute approximate surface area is 86.6 Å². The minimum absolute atomic E-state index is 0.187. The molecule has 1 aliphatic rings. The molecule has 1 aromatic heterocycles. The first-order chi connectivity index (χ1) is 7.27. The number of aryl methyl sites for hydroxylation is 1. The van der Waals surface area contributed by atoms with Gasteiger partial charge in [-0.05, 0) is 19.3 Å². The van der Waals surface area contributed by atoms with E-state index < -0.39 is 5.97 Å². The fourth-order valence-electron chi connectivity index (χ4n) is 1.88. The van der Waals surface area contributed by atoms with Gasteiger partial charge in [-0.25, -0.2) is 4.79 Å². The first kappa shape index (κ1) is 10.1. The molecular weight excluding hydrogens is 198 g/mol. The Balaban J connectivity index is 1.92. The number of carboxylic acids is 1. The number of hydrogen-bond donors (Lipinski definition) is 2. The average Bonchev–Trinajstić information content (AvgIpc) is 2.65. The summed E-state index contributed by atoms with van der Waals surface area (Å²) in [5.74, 6) is -0.752. The minimum Gasteiger partial charge on any atom is -0.480 e. The van der Waals surface area contributed by atoms with E-state index in [4.69, 9.17) is 9.84 Å². The van der Waals surface area contributed by atoms with Crippen LogP contribution in [0.5, 0.6) is 0 Å². The maximum Gasteiger partial charge on any atom is 0.329 e. The van der Waals surface area contributed by atoms with Crippen molar-refractivity contribution in [3.8, 4) is 0 Å². The Bertz CT molecular complexity index is 350. The van der Waals surface area contributed by atoms with Gasteiger partial charge in [0, 0.05) is 5.92 Å². The number of nitrogens with one attached hydrogen (secondary N) is 1. The Morgan fingerprint density at radius 1 is 1.60 bits per heavy atom. The summed E-state index contributed by atoms with van der Waals surface area (Å²) in [7, 11) is 0. The van der Waals surface area contributed by atoms with Crippen LogP contribution in [0.3, 0.4) is 0 Å². The average molecular weight is 211 g/mol. The molecule has 0 amide bonds. The summed E-state index contributed by atoms with van der Waals surface area (Å²) in [6.07, 6.45) is 2.99. The van der Waals surface area contributed by atoms with Gasteiger partial charge < -0.3 is 9.84 Å². The number of aromatic nitrogens is 3. The van der Waals surface area contributed by atoms with E-state index >= 15 is 0 Å². The molecule has 0 saturated carbocycles. The predicted molar refractivity (Wildman–Crippen MR) is 50.5 cm³/mol. The lowest BCUT2D eigenvalue weighted by molar-refractivity contribution is -0.142. The van der Waals surface area contributed by atoms with Crippen molar-refractivity contribution < 1.29 is 14.6 Å². The van der Waals surface area contributed by atoms with E-state index in [-0.39, 0.29) is 12.5 Å². The van der Waals surface area contributed by atoms with Crippen molar-refractivity contribution in [1.82, 2.24) is 15.4 Å². The molecular formula is C9H13N3O3. The highest BCUT2D eigenvalue weighted by molar-refractivity contribution is 5.67. The van der Waals surface area contributed by atoms with Gasteiger partial charge in [0.2, 0.25) is 0 Å². The predicted octanol–water partition coefficient (Wildman–Crippen LogP) is 0.326. The molecule has 1 heterocycles. The number of carbonyl (C=O) groups is 1. The zero-order valence-electron chi connectivity index (χ0n) is 8.27. The molecule has 82 valence electrons. The van der Waals surface area contributed by atoms with Gasteiger partial charge in [0.15, 0.2) is 0 Å². The van der Waals surface area contributed by atoms with Gasteiger partial charge in [0.25, 0.3) is 0 Å². The third-order valence-electron chi connectivity index (χ3n) is 2.55. The van der Waals surface area contributed by atoms with Crippen molar-refractivity contribution in [2.45, 2.75) is 25.2 Å². The highest BCUT2D eigenvalue weighted by Crippen LogP contribution is 2.28. The van der Waals surface area contributed by atoms with Gasteiger partial charge in [0.05, 0.1) is 18.0 Å². The Kier molecular flexibility index (Phi) is 2.96. The molecule has 1 unspecified atom stereocenters. The van der Waals surface area contributed by atoms with E-state index in [1.165, 1.54) is 0 Å². The number of ether oxygens (including phenoxy) is 1. The summed E-state index contributed by atoms with van der Waals surface area (Å²) < 4.78 is 5.08. The number of hydrogen-bond acceptors (Lipinski definition) is 4. The van der Waals surface area contributed by atoms with Crippen LogP contribution < -0.4 is 0 Å². The number of nitrogens with zero attached hydrogens (tertiary/aromatic N) is 2. The summed E-state index contributed by atoms with van der Waals surface area (Å²) in [5, 5.41) is 19.2. The van der Waals surface area contributed by atoms with E-state index in [1.807, 2.05) is 0 Å². The maximum atomic E-state index is 10.3. The van der Waals surface area contributed by atoms with Crippen LogP contribution in [-0.4, -0.2) is 39.7 Å². The first-order valence-electron chi connectivity index (χ1n) is 4.96. The quantitative estimate of drug-likeness (QED) is 0.749. The van der Waals surface area contributed by atoms with Crippen LogP contribution >= 0.6 is 0 Å². The number of carboxylic acid groups (broad SMARTS) is 1. The van der Waals surface area contributed by atoms with E-state index in [9.17, 15) is 4.79 Å². The van der Waals surface area contributed by atoms with Crippen molar-refractivity contribution in [3.05, 3.63) is 11.4 Å². The number of H-pyrrole nitrogens is 1. The molecule has 1 aliphatic carbocycles. The Hall–Kier alpha value is -1.43. The summed E-state index contributed by atoms with van der Waals surface area (Å²) >= 11 is 0. The molecule has 6 nitrogen and oxygen atoms in total. The molecule has 0 bridgehead atoms. The standard InChI is InChI=1S/C9H13N3O3/c13-8(14)5-15-4-6-2-1-3-7-9(6)11-12-10-7/h6H,1-5H2,(H,13,14)(H,10,11,12). The highest BCUT2D eigenvalue weighted by Gasteiger charge is 2.24. The minimum atomic E-state index is -0.939. The lowest BCUT2D eigenvalue weighted by Crippen LogP contribution is -2.17. The van der Waals surface area contributed by atoms with Gasteiger partial charge in [-0.15, -0.1) is 0 Å². The SMILES string of the molecule is O=C(O)COCC1CCCc2n[nH]nc21. The van der Waals surface area contributed by atoms with Gasteiger partial charge in [-0.2, -0.15) is 15.4 Å². The van der Waals surface area contributed by atoms with Gasteiger partial charge in [-0.3, -0.25) is 0 Å². The van der Waals surface area contributed by atoms with Crippen LogP contribution in [0.15, 0.2) is 0 Å². The second-order valence-corrected chi connectivity index (χ2v) is 3.65. The van der Waals surface area contributed by atoms with Crippen LogP contribution in [0.25, 0.3) is 0 Å². The van der Waals surface area contributed by atoms with Crippen molar-refractivity contribution >= 4 is 5.97 Å². The molecule has 0 radical (unpaired) electrons. The second-order valence-electron chi connectivity index (χ2n) is 3.65. The summed E-state index contributed by atoms with van der Waals surface area (Å²) in [6.45, 7) is 0.162. The highest BCUT2D eigenvalue weighted by atomic mass is 16.5. The summed E-state index contributed by atoms with van der Waals surface area (Å²) in [6, 6.07) is 0. The fraction of sp³-hybridized carbons (Fsp3) is 0.667. The summed E-state index contributed by atoms with van der Waals surface area (Å²) in [5.41, 5.74) is 1.93. The normalized spacial score (nSPS) is 19.9. The van der Waals surface area contributed by atoms with Crippen molar-refractivity contribution in [1.29, 1.82) is 0 Å². The monoisotopic (exact) mass is 211 g/mol. The molecule has 0 saturated heterocycles. The van der Waals surface area contributed by atoms with E-state index in [1.54, 1.807) is 0 Å². The lowest BCUT2D eigenvalue weighted by atomic mass is 9.90. The van der Waals surface area contributed by atoms with Crippen LogP contribution in [-0.2, 0) is 16.0 Å². The largest absolute Gasteiger partial charge is 0.480 e. The molecule has 2 rings (SSSR count). The van der Waals surface area contributed by atoms with Crippen molar-refractivity contribution in [2.75, 3.05) is 13.2 Å². The third kappa shape index (κ3) is 2.33. The van der Waals surface area contributed by atoms with Crippen LogP contribution in [0.1, 0.15) is 30.1 Å². The smallest absolute Gasteiger partial charge is 0.329 e. The van der Waals surface area contributed by atoms with Gasteiger partial charge >= 0.3 is 5.97 Å². The number of fused-ring (bicyclic) bond motifs is 1. The maximum absolute atomic E-state index is 10.3. The van der Waals surface area contributed by atoms with Gasteiger partial charge in [0.1, 0.15) is 6.61 Å². The Morgan fingerprint density at radius 3 is 3.27 bits per heavy atom. The third-order valence-corrected chi connectivity index (χ3v) is 2.55. The van der Waals surface area contributed by atoms with E-state index in [0.717, 1.165) is 30.7 Å². The fourth-order valence-corrected chi connectivity index (χ4v) is 1.88. The van der Waals surface area contributed by atoms with E-state index in [2.05, 4.69) is 15.4 Å². The zero-order chi connectivity index (χ0) is 10.7. The molecule has 0 spiro atoms. The topological polar surface area (TPSA) is 88.1 Å². The van der Waals surface area contributed by atoms with Gasteiger partial charge in [-0.1, -0.05) is 0 Å². The molecule has 0 aromatic carbocycles. The molecule has 2 N–H and O–H groups in total. The molecule has 0 aliphatic heterocycles. The molecule has 1 aromatic rings. The van der Waals surface area contributed by atoms with Crippen molar-refractivity contribution in [3.63, 3.8) is 0 Å². The lowest BCUT2D eigenvalue weighted by Gasteiger charge is -2.19. The molecule has 0 fully saturated rings. The molecule has 6 heteroatoms. The zero-order valence-corrected chi connectivity index (χ0v) is 8.27. The second kappa shape index (κ2) is 4.39.